The monoisotopic (exact) mass is 1620 g/mol. The molecular formula is C111H63N9S3. The van der Waals surface area contributed by atoms with Gasteiger partial charge in [-0.2, -0.15) is 0 Å². The average molecular weight is 1620 g/mol. The van der Waals surface area contributed by atoms with Gasteiger partial charge in [-0.15, -0.1) is 34.0 Å². The fourth-order valence-electron chi connectivity index (χ4n) is 21.0. The summed E-state index contributed by atoms with van der Waals surface area (Å²) < 4.78 is 22.3. The molecule has 18 aromatic carbocycles. The van der Waals surface area contributed by atoms with E-state index in [1.54, 1.807) is 0 Å². The number of imidazole rings is 3. The van der Waals surface area contributed by atoms with E-state index in [1.165, 1.54) is 197 Å². The normalized spacial score (nSPS) is 12.4. The first kappa shape index (κ1) is 67.3. The van der Waals surface area contributed by atoms with Gasteiger partial charge in [-0.05, 0) is 156 Å². The van der Waals surface area contributed by atoms with Crippen LogP contribution in [0.3, 0.4) is 0 Å². The minimum absolute atomic E-state index is 1.01. The molecule has 0 fully saturated rings. The van der Waals surface area contributed by atoms with Gasteiger partial charge in [-0.25, -0.2) is 15.0 Å². The Kier molecular flexibility index (Phi) is 14.0. The molecule has 0 bridgehead atoms. The molecule has 0 aliphatic heterocycles. The molecule has 0 spiro atoms. The molecule has 0 saturated carbocycles. The Bertz CT molecular complexity index is 9860. The molecule has 12 heterocycles. The zero-order valence-corrected chi connectivity index (χ0v) is 68.1. The number of pyridine rings is 3. The van der Waals surface area contributed by atoms with Crippen molar-refractivity contribution < 1.29 is 0 Å². The molecule has 0 radical (unpaired) electrons. The van der Waals surface area contributed by atoms with Crippen LogP contribution in [0.2, 0.25) is 0 Å². The van der Waals surface area contributed by atoms with Gasteiger partial charge in [-0.3, -0.25) is 13.2 Å². The van der Waals surface area contributed by atoms with E-state index >= 15 is 0 Å². The Hall–Kier alpha value is -15.6. The van der Waals surface area contributed by atoms with E-state index < -0.39 is 0 Å². The van der Waals surface area contributed by atoms with Crippen LogP contribution in [0.1, 0.15) is 0 Å². The van der Waals surface area contributed by atoms with E-state index in [1.807, 2.05) is 34.0 Å². The van der Waals surface area contributed by atoms with Gasteiger partial charge < -0.3 is 13.7 Å². The number of hydrogen-bond donors (Lipinski definition) is 0. The number of aromatic nitrogens is 9. The summed E-state index contributed by atoms with van der Waals surface area (Å²) in [6.45, 7) is 0. The van der Waals surface area contributed by atoms with Crippen LogP contribution in [-0.4, -0.2) is 41.9 Å². The standard InChI is InChI=1S/3C37H21N3S/c1-2-10-22(11-3-1)39-29-15-7-4-13-27(29)33-31(39)21-20-24-25-18-19-26-23-12-5-9-17-32(23)41-36(26)35(25)40-30-16-8-6-14-28(30)38-37(40)34(24)33;1-2-10-22(11-3-1)39-28-15-7-4-12-25(28)33-30(39)20-18-23-24-19-21-32-34(26-13-5-9-17-31(26)41-32)36(24)40-29-16-8-6-14-27(29)38-37(40)35(23)33;1-2-10-22(11-3-1)39-31-15-7-4-12-23(31)28-20-29-27(21-33(28)39)25-18-19-26-24-13-5-9-17-34(24)41-36(26)35(25)40-32-16-8-6-14-30(32)38-37(29)40/h3*1-21H. The first-order chi connectivity index (χ1) is 61.1. The fraction of sp³-hybridized carbons (Fsp3) is 0. The predicted molar refractivity (Wildman–Crippen MR) is 525 cm³/mol. The van der Waals surface area contributed by atoms with Crippen molar-refractivity contribution in [1.29, 1.82) is 0 Å². The molecule has 0 saturated heterocycles. The van der Waals surface area contributed by atoms with Crippen LogP contribution in [0.5, 0.6) is 0 Å². The van der Waals surface area contributed by atoms with Crippen molar-refractivity contribution in [1.82, 2.24) is 41.9 Å². The van der Waals surface area contributed by atoms with Crippen LogP contribution in [0, 0.1) is 0 Å². The summed E-state index contributed by atoms with van der Waals surface area (Å²) in [5, 5.41) is 26.4. The third-order valence-electron chi connectivity index (χ3n) is 26.0. The molecule has 12 aromatic heterocycles. The Labute approximate surface area is 710 Å². The molecule has 0 atom stereocenters. The van der Waals surface area contributed by atoms with Crippen LogP contribution < -0.4 is 0 Å². The number of rotatable bonds is 3. The summed E-state index contributed by atoms with van der Waals surface area (Å²) in [6.07, 6.45) is 0. The smallest absolute Gasteiger partial charge is 0.147 e. The molecule has 570 valence electrons. The number of para-hydroxylation sites is 12. The van der Waals surface area contributed by atoms with Crippen LogP contribution in [0.25, 0.3) is 258 Å². The SMILES string of the molecule is c1ccc(-n2c3ccccc3c3c4c(ccc32)c2ccc3c5ccccc5sc3c2n2c3ccccc3nc42)cc1.c1ccc(-n2c3ccccc3c3c4c(ccc32)c2ccc3sc5ccccc5c3c2n2c3ccccc3nc42)cc1.c1ccc(-n2c3ccccc3c3cc4c(cc32)c2ccc3c5ccccc5sc3c2n2c3ccccc3nc42)cc1. The number of nitrogens with zero attached hydrogens (tertiary/aromatic N) is 9. The van der Waals surface area contributed by atoms with Gasteiger partial charge in [-0.1, -0.05) is 243 Å². The molecule has 0 unspecified atom stereocenters. The van der Waals surface area contributed by atoms with Crippen molar-refractivity contribution in [3.05, 3.63) is 382 Å². The fourth-order valence-corrected chi connectivity index (χ4v) is 24.6. The molecule has 30 aromatic rings. The van der Waals surface area contributed by atoms with Crippen LogP contribution in [0.15, 0.2) is 382 Å². The Morgan fingerprint density at radius 3 is 1.02 bits per heavy atom. The summed E-state index contributed by atoms with van der Waals surface area (Å²) in [6, 6.07) is 138. The molecule has 30 rings (SSSR count). The highest BCUT2D eigenvalue weighted by atomic mass is 32.1. The second-order valence-corrected chi connectivity index (χ2v) is 35.5. The summed E-state index contributed by atoms with van der Waals surface area (Å²) in [4.78, 5) is 16.0. The molecule has 123 heavy (non-hydrogen) atoms. The highest BCUT2D eigenvalue weighted by molar-refractivity contribution is 7.27. The van der Waals surface area contributed by atoms with Crippen molar-refractivity contribution in [2.45, 2.75) is 0 Å². The van der Waals surface area contributed by atoms with E-state index in [-0.39, 0.29) is 0 Å². The van der Waals surface area contributed by atoms with Gasteiger partial charge in [0.1, 0.15) is 16.9 Å². The quantitative estimate of drug-likeness (QED) is 0.166. The lowest BCUT2D eigenvalue weighted by molar-refractivity contribution is 1.18. The largest absolute Gasteiger partial charge is 0.309 e. The maximum absolute atomic E-state index is 5.36. The molecule has 0 N–H and O–H groups in total. The lowest BCUT2D eigenvalue weighted by Crippen LogP contribution is -1.95. The zero-order valence-electron chi connectivity index (χ0n) is 65.6. The summed E-state index contributed by atoms with van der Waals surface area (Å²) in [5.74, 6) is 0. The van der Waals surface area contributed by atoms with E-state index in [9.17, 15) is 0 Å². The third-order valence-corrected chi connectivity index (χ3v) is 29.5. The first-order valence-corrected chi connectivity index (χ1v) is 44.2. The molecule has 0 aliphatic rings. The molecule has 9 nitrogen and oxygen atoms in total. The molecular weight excluding hydrogens is 1560 g/mol. The topological polar surface area (TPSA) is 66.7 Å². The summed E-state index contributed by atoms with van der Waals surface area (Å²) >= 11 is 5.63. The number of fused-ring (bicyclic) bond motifs is 47. The highest BCUT2D eigenvalue weighted by Gasteiger charge is 2.28. The zero-order chi connectivity index (χ0) is 80.0. The number of thiophene rings is 3. The molecule has 0 aliphatic carbocycles. The van der Waals surface area contributed by atoms with Crippen molar-refractivity contribution >= 4 is 275 Å². The van der Waals surface area contributed by atoms with Gasteiger partial charge in [0.25, 0.3) is 0 Å². The first-order valence-electron chi connectivity index (χ1n) is 41.7. The van der Waals surface area contributed by atoms with E-state index in [2.05, 4.69) is 409 Å². The van der Waals surface area contributed by atoms with Gasteiger partial charge in [0.05, 0.1) is 92.2 Å². The minimum Gasteiger partial charge on any atom is -0.309 e. The minimum atomic E-state index is 1.01. The van der Waals surface area contributed by atoms with Crippen molar-refractivity contribution in [2.24, 2.45) is 0 Å². The van der Waals surface area contributed by atoms with E-state index in [0.29, 0.717) is 0 Å². The van der Waals surface area contributed by atoms with Gasteiger partial charge in [0, 0.05) is 133 Å². The van der Waals surface area contributed by atoms with Crippen LogP contribution in [0.4, 0.5) is 0 Å². The lowest BCUT2D eigenvalue weighted by Gasteiger charge is -2.13. The average Bonchev–Trinajstić information content (AvgIpc) is 1.55. The third kappa shape index (κ3) is 9.34. The maximum atomic E-state index is 5.36. The van der Waals surface area contributed by atoms with Gasteiger partial charge >= 0.3 is 0 Å². The highest BCUT2D eigenvalue weighted by Crippen LogP contribution is 2.51. The van der Waals surface area contributed by atoms with Crippen LogP contribution >= 0.6 is 34.0 Å². The Morgan fingerprint density at radius 2 is 0.520 bits per heavy atom. The Morgan fingerprint density at radius 1 is 0.171 bits per heavy atom. The lowest BCUT2D eigenvalue weighted by atomic mass is 9.99. The predicted octanol–water partition coefficient (Wildman–Crippen LogP) is 30.8. The summed E-state index contributed by atoms with van der Waals surface area (Å²) in [5.41, 5.74) is 23.9. The second kappa shape index (κ2) is 25.5. The Balaban J connectivity index is 0.0000000946. The van der Waals surface area contributed by atoms with Crippen molar-refractivity contribution in [2.75, 3.05) is 0 Å². The molecule has 0 amide bonds. The molecule has 12 heteroatoms. The van der Waals surface area contributed by atoms with E-state index in [4.69, 9.17) is 15.0 Å². The van der Waals surface area contributed by atoms with E-state index in [0.717, 1.165) is 61.4 Å². The number of benzene rings is 18. The number of hydrogen-bond acceptors (Lipinski definition) is 6. The van der Waals surface area contributed by atoms with Crippen LogP contribution in [-0.2, 0) is 0 Å². The van der Waals surface area contributed by atoms with Crippen molar-refractivity contribution in [3.63, 3.8) is 0 Å². The summed E-state index contributed by atoms with van der Waals surface area (Å²) in [7, 11) is 0. The van der Waals surface area contributed by atoms with Gasteiger partial charge in [0.2, 0.25) is 0 Å². The maximum Gasteiger partial charge on any atom is 0.147 e. The van der Waals surface area contributed by atoms with Gasteiger partial charge in [0.15, 0.2) is 0 Å². The van der Waals surface area contributed by atoms with Crippen molar-refractivity contribution in [3.8, 4) is 17.1 Å². The second-order valence-electron chi connectivity index (χ2n) is 32.3.